The van der Waals surface area contributed by atoms with E-state index in [1.54, 1.807) is 36.4 Å². The molecule has 166 valence electrons. The number of hydrogen-bond donors (Lipinski definition) is 1. The molecule has 0 saturated carbocycles. The molecule has 0 unspecified atom stereocenters. The molecule has 3 aromatic rings. The minimum absolute atomic E-state index is 0.0996. The average molecular weight is 437 g/mol. The first kappa shape index (κ1) is 23.1. The summed E-state index contributed by atoms with van der Waals surface area (Å²) in [6.45, 7) is 4.80. The molecule has 4 nitrogen and oxygen atoms in total. The van der Waals surface area contributed by atoms with Crippen molar-refractivity contribution < 1.29 is 18.4 Å². The molecule has 0 aliphatic carbocycles. The molecule has 0 fully saturated rings. The van der Waals surface area contributed by atoms with Crippen molar-refractivity contribution in [2.45, 2.75) is 26.8 Å². The van der Waals surface area contributed by atoms with Gasteiger partial charge in [-0.25, -0.2) is 8.78 Å². The van der Waals surface area contributed by atoms with Crippen LogP contribution < -0.4 is 10.2 Å². The minimum atomic E-state index is -0.506. The van der Waals surface area contributed by atoms with Crippen molar-refractivity contribution in [3.05, 3.63) is 101 Å². The summed E-state index contributed by atoms with van der Waals surface area (Å²) in [6.07, 6.45) is 0.180. The lowest BCUT2D eigenvalue weighted by Gasteiger charge is -2.24. The number of carbonyl (C=O) groups is 2. The van der Waals surface area contributed by atoms with Crippen LogP contribution in [0, 0.1) is 17.6 Å². The first-order valence-electron chi connectivity index (χ1n) is 10.5. The van der Waals surface area contributed by atoms with Gasteiger partial charge in [-0.15, -0.1) is 0 Å². The molecule has 3 rings (SSSR count). The zero-order valence-electron chi connectivity index (χ0n) is 18.1. The predicted octanol–water partition coefficient (Wildman–Crippen LogP) is 5.13. The third kappa shape index (κ3) is 6.48. The van der Waals surface area contributed by atoms with E-state index in [-0.39, 0.29) is 30.3 Å². The number of hydrogen-bond acceptors (Lipinski definition) is 2. The highest BCUT2D eigenvalue weighted by molar-refractivity contribution is 6.06. The topological polar surface area (TPSA) is 49.4 Å². The molecule has 3 aromatic carbocycles. The summed E-state index contributed by atoms with van der Waals surface area (Å²) in [4.78, 5) is 27.0. The maximum Gasteiger partial charge on any atom is 0.258 e. The average Bonchev–Trinajstić information content (AvgIpc) is 2.77. The van der Waals surface area contributed by atoms with Crippen LogP contribution in [0.2, 0.25) is 0 Å². The molecule has 32 heavy (non-hydrogen) atoms. The molecule has 6 heteroatoms. The van der Waals surface area contributed by atoms with E-state index in [1.807, 2.05) is 19.9 Å². The third-order valence-electron chi connectivity index (χ3n) is 4.87. The Morgan fingerprint density at radius 2 is 1.59 bits per heavy atom. The number of nitrogens with one attached hydrogen (secondary N) is 1. The molecular weight excluding hydrogens is 410 g/mol. The fraction of sp³-hybridized carbons (Fsp3) is 0.231. The van der Waals surface area contributed by atoms with Gasteiger partial charge in [0.2, 0.25) is 5.91 Å². The number of rotatable bonds is 8. The lowest BCUT2D eigenvalue weighted by Crippen LogP contribution is -2.31. The summed E-state index contributed by atoms with van der Waals surface area (Å²) in [5.74, 6) is -1.02. The summed E-state index contributed by atoms with van der Waals surface area (Å²) in [5.41, 5.74) is 2.24. The molecular formula is C26H26F2N2O2. The maximum absolute atomic E-state index is 13.7. The van der Waals surface area contributed by atoms with Crippen LogP contribution in [0.1, 0.15) is 35.3 Å². The summed E-state index contributed by atoms with van der Waals surface area (Å²) in [7, 11) is 0. The van der Waals surface area contributed by atoms with Gasteiger partial charge in [0.15, 0.2) is 0 Å². The third-order valence-corrected chi connectivity index (χ3v) is 4.87. The van der Waals surface area contributed by atoms with Crippen molar-refractivity contribution in [1.82, 2.24) is 5.32 Å². The molecule has 1 N–H and O–H groups in total. The van der Waals surface area contributed by atoms with E-state index in [4.69, 9.17) is 0 Å². The Bertz CT molecular complexity index is 1080. The second kappa shape index (κ2) is 10.7. The van der Waals surface area contributed by atoms with Crippen LogP contribution in [0.25, 0.3) is 0 Å². The molecule has 0 aromatic heterocycles. The number of benzene rings is 3. The second-order valence-corrected chi connectivity index (χ2v) is 8.07. The first-order valence-corrected chi connectivity index (χ1v) is 10.5. The highest BCUT2D eigenvalue weighted by Crippen LogP contribution is 2.23. The highest BCUT2D eigenvalue weighted by atomic mass is 19.1. The SMILES string of the molecule is CC(C)CNC(=O)Cc1cccc(N(Cc2ccc(F)cc2)C(=O)c2cccc(F)c2)c1. The normalized spacial score (nSPS) is 10.8. The molecule has 0 saturated heterocycles. The van der Waals surface area contributed by atoms with Gasteiger partial charge >= 0.3 is 0 Å². The van der Waals surface area contributed by atoms with E-state index in [0.29, 0.717) is 18.2 Å². The van der Waals surface area contributed by atoms with Gasteiger partial charge in [-0.1, -0.05) is 44.2 Å². The number of halogens is 2. The van der Waals surface area contributed by atoms with Crippen molar-refractivity contribution in [2.24, 2.45) is 5.92 Å². The van der Waals surface area contributed by atoms with Gasteiger partial charge < -0.3 is 10.2 Å². The van der Waals surface area contributed by atoms with E-state index < -0.39 is 11.7 Å². The largest absolute Gasteiger partial charge is 0.356 e. The fourth-order valence-corrected chi connectivity index (χ4v) is 3.23. The van der Waals surface area contributed by atoms with Gasteiger partial charge in [-0.05, 0) is 59.5 Å². The van der Waals surface area contributed by atoms with Crippen LogP contribution in [0.15, 0.2) is 72.8 Å². The van der Waals surface area contributed by atoms with Crippen LogP contribution in [0.4, 0.5) is 14.5 Å². The molecule has 0 heterocycles. The Morgan fingerprint density at radius 3 is 2.28 bits per heavy atom. The number of nitrogens with zero attached hydrogens (tertiary/aromatic N) is 1. The zero-order valence-corrected chi connectivity index (χ0v) is 18.1. The van der Waals surface area contributed by atoms with Crippen molar-refractivity contribution in [3.8, 4) is 0 Å². The minimum Gasteiger partial charge on any atom is -0.356 e. The molecule has 0 radical (unpaired) electrons. The van der Waals surface area contributed by atoms with Crippen LogP contribution in [0.3, 0.4) is 0 Å². The van der Waals surface area contributed by atoms with Crippen molar-refractivity contribution in [2.75, 3.05) is 11.4 Å². The second-order valence-electron chi connectivity index (χ2n) is 8.07. The monoisotopic (exact) mass is 436 g/mol. The van der Waals surface area contributed by atoms with E-state index in [1.165, 1.54) is 35.2 Å². The van der Waals surface area contributed by atoms with Gasteiger partial charge in [-0.2, -0.15) is 0 Å². The van der Waals surface area contributed by atoms with Crippen molar-refractivity contribution >= 4 is 17.5 Å². The number of anilines is 1. The van der Waals surface area contributed by atoms with Crippen molar-refractivity contribution in [3.63, 3.8) is 0 Å². The van der Waals surface area contributed by atoms with Gasteiger partial charge in [0.05, 0.1) is 13.0 Å². The summed E-state index contributed by atoms with van der Waals surface area (Å²) >= 11 is 0. The van der Waals surface area contributed by atoms with E-state index in [2.05, 4.69) is 5.32 Å². The maximum atomic E-state index is 13.7. The Labute approximate surface area is 186 Å². The number of carbonyl (C=O) groups excluding carboxylic acids is 2. The molecule has 0 atom stereocenters. The molecule has 0 aliphatic rings. The molecule has 0 bridgehead atoms. The van der Waals surface area contributed by atoms with Gasteiger partial charge in [0.1, 0.15) is 11.6 Å². The highest BCUT2D eigenvalue weighted by Gasteiger charge is 2.19. The lowest BCUT2D eigenvalue weighted by atomic mass is 10.1. The summed E-state index contributed by atoms with van der Waals surface area (Å²) in [5, 5.41) is 2.88. The summed E-state index contributed by atoms with van der Waals surface area (Å²) in [6, 6.07) is 18.5. The van der Waals surface area contributed by atoms with Gasteiger partial charge in [0, 0.05) is 17.8 Å². The molecule has 2 amide bonds. The van der Waals surface area contributed by atoms with E-state index in [9.17, 15) is 18.4 Å². The van der Waals surface area contributed by atoms with Crippen molar-refractivity contribution in [1.29, 1.82) is 0 Å². The van der Waals surface area contributed by atoms with E-state index >= 15 is 0 Å². The van der Waals surface area contributed by atoms with E-state index in [0.717, 1.165) is 11.1 Å². The van der Waals surface area contributed by atoms with Crippen LogP contribution >= 0.6 is 0 Å². The number of amides is 2. The standard InChI is InChI=1S/C26H26F2N2O2/c1-18(2)16-29-25(31)14-20-5-3-8-24(13-20)30(17-19-9-11-22(27)12-10-19)26(32)21-6-4-7-23(28)15-21/h3-13,15,18H,14,16-17H2,1-2H3,(H,29,31). The first-order chi connectivity index (χ1) is 15.3. The zero-order chi connectivity index (χ0) is 23.1. The Kier molecular flexibility index (Phi) is 7.71. The van der Waals surface area contributed by atoms with Gasteiger partial charge in [-0.3, -0.25) is 9.59 Å². The molecule has 0 aliphatic heterocycles. The Hall–Kier alpha value is -3.54. The molecule has 0 spiro atoms. The quantitative estimate of drug-likeness (QED) is 0.532. The summed E-state index contributed by atoms with van der Waals surface area (Å²) < 4.78 is 27.1. The lowest BCUT2D eigenvalue weighted by molar-refractivity contribution is -0.120. The Balaban J connectivity index is 1.89. The predicted molar refractivity (Wildman–Crippen MR) is 121 cm³/mol. The van der Waals surface area contributed by atoms with Gasteiger partial charge in [0.25, 0.3) is 5.91 Å². The van der Waals surface area contributed by atoms with Crippen LogP contribution in [-0.2, 0) is 17.8 Å². The van der Waals surface area contributed by atoms with Crippen LogP contribution in [0.5, 0.6) is 0 Å². The van der Waals surface area contributed by atoms with Crippen LogP contribution in [-0.4, -0.2) is 18.4 Å². The fourth-order valence-electron chi connectivity index (χ4n) is 3.23. The smallest absolute Gasteiger partial charge is 0.258 e. The Morgan fingerprint density at radius 1 is 0.875 bits per heavy atom.